The van der Waals surface area contributed by atoms with Gasteiger partial charge >= 0.3 is 0 Å². The van der Waals surface area contributed by atoms with Crippen LogP contribution in [0.15, 0.2) is 4.52 Å². The van der Waals surface area contributed by atoms with Crippen LogP contribution in [0.3, 0.4) is 0 Å². The lowest BCUT2D eigenvalue weighted by atomic mass is 9.94. The standard InChI is InChI=1S/C14H27N3O2/c1-4-6-12(9-10-15)7-8-13-16-14(17-19-13)11(3)18-5-2/h11-12H,4-10,15H2,1-3H3. The molecule has 0 saturated heterocycles. The lowest BCUT2D eigenvalue weighted by Crippen LogP contribution is -2.10. The van der Waals surface area contributed by atoms with Crippen LogP contribution in [0.5, 0.6) is 0 Å². The molecule has 0 aromatic carbocycles. The summed E-state index contributed by atoms with van der Waals surface area (Å²) < 4.78 is 10.7. The maximum absolute atomic E-state index is 5.64. The lowest BCUT2D eigenvalue weighted by molar-refractivity contribution is 0.0683. The summed E-state index contributed by atoms with van der Waals surface area (Å²) in [5, 5.41) is 3.97. The number of ether oxygens (including phenoxy) is 1. The van der Waals surface area contributed by atoms with Gasteiger partial charge in [-0.1, -0.05) is 24.9 Å². The molecule has 2 atom stereocenters. The minimum atomic E-state index is -0.0991. The summed E-state index contributed by atoms with van der Waals surface area (Å²) in [4.78, 5) is 4.39. The molecule has 0 fully saturated rings. The van der Waals surface area contributed by atoms with E-state index in [4.69, 9.17) is 15.0 Å². The van der Waals surface area contributed by atoms with Crippen LogP contribution >= 0.6 is 0 Å². The van der Waals surface area contributed by atoms with Crippen LogP contribution in [0.4, 0.5) is 0 Å². The number of aromatic nitrogens is 2. The van der Waals surface area contributed by atoms with Gasteiger partial charge in [0.15, 0.2) is 5.82 Å². The highest BCUT2D eigenvalue weighted by atomic mass is 16.5. The summed E-state index contributed by atoms with van der Waals surface area (Å²) in [6.07, 6.45) is 5.28. The van der Waals surface area contributed by atoms with Crippen LogP contribution in [0.2, 0.25) is 0 Å². The van der Waals surface area contributed by atoms with Crippen molar-refractivity contribution in [3.63, 3.8) is 0 Å². The zero-order chi connectivity index (χ0) is 14.1. The van der Waals surface area contributed by atoms with Gasteiger partial charge in [0.1, 0.15) is 6.10 Å². The van der Waals surface area contributed by atoms with Crippen LogP contribution in [0.1, 0.15) is 64.3 Å². The Balaban J connectivity index is 2.44. The second kappa shape index (κ2) is 9.04. The van der Waals surface area contributed by atoms with E-state index in [1.54, 1.807) is 0 Å². The molecule has 2 unspecified atom stereocenters. The molecular formula is C14H27N3O2. The normalized spacial score (nSPS) is 14.5. The number of rotatable bonds is 10. The van der Waals surface area contributed by atoms with Crippen molar-refractivity contribution in [1.29, 1.82) is 0 Å². The smallest absolute Gasteiger partial charge is 0.226 e. The minimum Gasteiger partial charge on any atom is -0.371 e. The molecular weight excluding hydrogens is 242 g/mol. The summed E-state index contributed by atoms with van der Waals surface area (Å²) in [5.41, 5.74) is 5.64. The Kier molecular flexibility index (Phi) is 7.67. The van der Waals surface area contributed by atoms with E-state index in [0.717, 1.165) is 25.8 Å². The predicted octanol–water partition coefficient (Wildman–Crippen LogP) is 2.86. The lowest BCUT2D eigenvalue weighted by Gasteiger charge is -2.13. The fourth-order valence-electron chi connectivity index (χ4n) is 2.26. The van der Waals surface area contributed by atoms with E-state index in [2.05, 4.69) is 17.1 Å². The Hall–Kier alpha value is -0.940. The molecule has 110 valence electrons. The van der Waals surface area contributed by atoms with Crippen LogP contribution in [0.25, 0.3) is 0 Å². The summed E-state index contributed by atoms with van der Waals surface area (Å²) in [6, 6.07) is 0. The van der Waals surface area contributed by atoms with E-state index in [1.807, 2.05) is 13.8 Å². The molecule has 0 radical (unpaired) electrons. The topological polar surface area (TPSA) is 74.2 Å². The Bertz CT molecular complexity index is 335. The van der Waals surface area contributed by atoms with Crippen molar-refractivity contribution < 1.29 is 9.26 Å². The van der Waals surface area contributed by atoms with Crippen molar-refractivity contribution in [3.05, 3.63) is 11.7 Å². The summed E-state index contributed by atoms with van der Waals surface area (Å²) in [5.74, 6) is 2.01. The van der Waals surface area contributed by atoms with Gasteiger partial charge in [0.2, 0.25) is 5.89 Å². The highest BCUT2D eigenvalue weighted by molar-refractivity contribution is 4.90. The molecule has 0 amide bonds. The monoisotopic (exact) mass is 269 g/mol. The molecule has 5 nitrogen and oxygen atoms in total. The number of hydrogen-bond donors (Lipinski definition) is 1. The van der Waals surface area contributed by atoms with E-state index in [9.17, 15) is 0 Å². The third-order valence-corrected chi connectivity index (χ3v) is 3.30. The van der Waals surface area contributed by atoms with E-state index >= 15 is 0 Å². The maximum atomic E-state index is 5.64. The molecule has 0 saturated carbocycles. The third kappa shape index (κ3) is 5.70. The molecule has 19 heavy (non-hydrogen) atoms. The van der Waals surface area contributed by atoms with Crippen LogP contribution in [-0.2, 0) is 11.2 Å². The first kappa shape index (κ1) is 16.1. The minimum absolute atomic E-state index is 0.0991. The van der Waals surface area contributed by atoms with Gasteiger partial charge in [0.25, 0.3) is 0 Å². The van der Waals surface area contributed by atoms with Crippen molar-refractivity contribution in [3.8, 4) is 0 Å². The first-order valence-corrected chi connectivity index (χ1v) is 7.35. The van der Waals surface area contributed by atoms with Crippen molar-refractivity contribution >= 4 is 0 Å². The quantitative estimate of drug-likeness (QED) is 0.707. The molecule has 0 bridgehead atoms. The Morgan fingerprint density at radius 2 is 2.05 bits per heavy atom. The zero-order valence-corrected chi connectivity index (χ0v) is 12.4. The van der Waals surface area contributed by atoms with Crippen LogP contribution < -0.4 is 5.73 Å². The first-order chi connectivity index (χ1) is 9.21. The molecule has 1 aromatic heterocycles. The molecule has 0 aliphatic rings. The van der Waals surface area contributed by atoms with Crippen molar-refractivity contribution in [1.82, 2.24) is 10.1 Å². The van der Waals surface area contributed by atoms with Gasteiger partial charge in [-0.2, -0.15) is 4.98 Å². The number of nitrogens with two attached hydrogens (primary N) is 1. The molecule has 0 aliphatic heterocycles. The molecule has 1 rings (SSSR count). The van der Waals surface area contributed by atoms with E-state index in [0.29, 0.717) is 24.2 Å². The van der Waals surface area contributed by atoms with Crippen LogP contribution in [0, 0.1) is 5.92 Å². The van der Waals surface area contributed by atoms with Gasteiger partial charge < -0.3 is 15.0 Å². The van der Waals surface area contributed by atoms with Crippen molar-refractivity contribution in [2.45, 2.75) is 59.0 Å². The van der Waals surface area contributed by atoms with Gasteiger partial charge in [-0.25, -0.2) is 0 Å². The summed E-state index contributed by atoms with van der Waals surface area (Å²) >= 11 is 0. The summed E-state index contributed by atoms with van der Waals surface area (Å²) in [6.45, 7) is 7.51. The Morgan fingerprint density at radius 3 is 2.68 bits per heavy atom. The Labute approximate surface area is 115 Å². The van der Waals surface area contributed by atoms with E-state index in [-0.39, 0.29) is 6.10 Å². The largest absolute Gasteiger partial charge is 0.371 e. The van der Waals surface area contributed by atoms with Gasteiger partial charge in [0.05, 0.1) is 0 Å². The molecule has 0 spiro atoms. The summed E-state index contributed by atoms with van der Waals surface area (Å²) in [7, 11) is 0. The fraction of sp³-hybridized carbons (Fsp3) is 0.857. The third-order valence-electron chi connectivity index (χ3n) is 3.30. The van der Waals surface area contributed by atoms with Crippen molar-refractivity contribution in [2.24, 2.45) is 11.7 Å². The Morgan fingerprint density at radius 1 is 1.26 bits per heavy atom. The number of aryl methyl sites for hydroxylation is 1. The highest BCUT2D eigenvalue weighted by Crippen LogP contribution is 2.19. The second-order valence-corrected chi connectivity index (χ2v) is 4.91. The second-order valence-electron chi connectivity index (χ2n) is 4.91. The average molecular weight is 269 g/mol. The zero-order valence-electron chi connectivity index (χ0n) is 12.4. The fourth-order valence-corrected chi connectivity index (χ4v) is 2.26. The molecule has 1 aromatic rings. The van der Waals surface area contributed by atoms with E-state index in [1.165, 1.54) is 12.8 Å². The van der Waals surface area contributed by atoms with Gasteiger partial charge in [-0.3, -0.25) is 0 Å². The maximum Gasteiger partial charge on any atom is 0.226 e. The number of nitrogens with zero attached hydrogens (tertiary/aromatic N) is 2. The average Bonchev–Trinajstić information content (AvgIpc) is 2.86. The van der Waals surface area contributed by atoms with Gasteiger partial charge in [0, 0.05) is 13.0 Å². The van der Waals surface area contributed by atoms with E-state index < -0.39 is 0 Å². The van der Waals surface area contributed by atoms with Crippen LogP contribution in [-0.4, -0.2) is 23.3 Å². The molecule has 2 N–H and O–H groups in total. The molecule has 0 aliphatic carbocycles. The SMILES string of the molecule is CCCC(CCN)CCc1nc(C(C)OCC)no1. The van der Waals surface area contributed by atoms with Crippen molar-refractivity contribution in [2.75, 3.05) is 13.2 Å². The number of hydrogen-bond acceptors (Lipinski definition) is 5. The first-order valence-electron chi connectivity index (χ1n) is 7.35. The van der Waals surface area contributed by atoms with Gasteiger partial charge in [-0.15, -0.1) is 0 Å². The highest BCUT2D eigenvalue weighted by Gasteiger charge is 2.15. The predicted molar refractivity (Wildman–Crippen MR) is 74.7 cm³/mol. The van der Waals surface area contributed by atoms with Gasteiger partial charge in [-0.05, 0) is 39.2 Å². The molecule has 1 heterocycles. The molecule has 5 heteroatoms.